The lowest BCUT2D eigenvalue weighted by atomic mass is 10.1. The first kappa shape index (κ1) is 18.4. The van der Waals surface area contributed by atoms with Gasteiger partial charge in [0.1, 0.15) is 6.04 Å². The third-order valence-electron chi connectivity index (χ3n) is 4.56. The number of carbonyl (C=O) groups excluding carboxylic acids is 3. The van der Waals surface area contributed by atoms with Crippen LogP contribution in [0.5, 0.6) is 0 Å². The van der Waals surface area contributed by atoms with E-state index in [1.54, 1.807) is 72.9 Å². The lowest BCUT2D eigenvalue weighted by Crippen LogP contribution is -2.35. The topological polar surface area (TPSA) is 79.8 Å². The second kappa shape index (κ2) is 7.93. The number of rotatable bonds is 5. The van der Waals surface area contributed by atoms with Crippen LogP contribution in [0.15, 0.2) is 85.2 Å². The standard InChI is InChI=1S/C22H17N3O4/c26-20-19(16-8-3-1-4-9-16)24(15-29-21(27)17-10-7-13-23-14-17)22(28)25(20)18-11-5-2-6-12-18/h1-14,19H,15H2. The SMILES string of the molecule is O=C(OCN1C(=O)N(c2ccccc2)C(=O)C1c1ccccc1)c1cccnc1. The number of para-hydroxylation sites is 1. The van der Waals surface area contributed by atoms with E-state index in [1.165, 1.54) is 11.1 Å². The molecule has 0 saturated carbocycles. The molecular weight excluding hydrogens is 370 g/mol. The van der Waals surface area contributed by atoms with Crippen LogP contribution in [0, 0.1) is 0 Å². The molecule has 3 amide bonds. The van der Waals surface area contributed by atoms with Crippen LogP contribution < -0.4 is 4.90 Å². The second-order valence-corrected chi connectivity index (χ2v) is 6.38. The van der Waals surface area contributed by atoms with E-state index in [4.69, 9.17) is 4.74 Å². The molecule has 0 spiro atoms. The maximum absolute atomic E-state index is 13.2. The van der Waals surface area contributed by atoms with Gasteiger partial charge in [-0.3, -0.25) is 14.7 Å². The molecule has 0 N–H and O–H groups in total. The zero-order valence-electron chi connectivity index (χ0n) is 15.3. The van der Waals surface area contributed by atoms with Crippen LogP contribution in [0.25, 0.3) is 0 Å². The largest absolute Gasteiger partial charge is 0.440 e. The molecule has 1 aromatic heterocycles. The molecule has 0 bridgehead atoms. The number of anilines is 1. The number of imide groups is 1. The van der Waals surface area contributed by atoms with Gasteiger partial charge in [0.2, 0.25) is 0 Å². The van der Waals surface area contributed by atoms with Crippen LogP contribution in [-0.4, -0.2) is 34.5 Å². The molecule has 0 radical (unpaired) electrons. The fourth-order valence-electron chi connectivity index (χ4n) is 3.19. The predicted octanol–water partition coefficient (Wildman–Crippen LogP) is 3.41. The first-order chi connectivity index (χ1) is 14.2. The lowest BCUT2D eigenvalue weighted by molar-refractivity contribution is -0.120. The van der Waals surface area contributed by atoms with Crippen LogP contribution in [-0.2, 0) is 9.53 Å². The molecule has 2 heterocycles. The molecule has 1 aliphatic heterocycles. The first-order valence-corrected chi connectivity index (χ1v) is 8.98. The Labute approximate surface area is 167 Å². The quantitative estimate of drug-likeness (QED) is 0.495. The molecule has 1 fully saturated rings. The average Bonchev–Trinajstić information content (AvgIpc) is 3.03. The Morgan fingerprint density at radius 1 is 0.931 bits per heavy atom. The van der Waals surface area contributed by atoms with Crippen LogP contribution in [0.3, 0.4) is 0 Å². The van der Waals surface area contributed by atoms with Crippen molar-refractivity contribution in [2.75, 3.05) is 11.6 Å². The monoisotopic (exact) mass is 387 g/mol. The summed E-state index contributed by atoms with van der Waals surface area (Å²) in [5.74, 6) is -1.02. The molecule has 1 saturated heterocycles. The van der Waals surface area contributed by atoms with Gasteiger partial charge in [-0.15, -0.1) is 0 Å². The summed E-state index contributed by atoms with van der Waals surface area (Å²) in [7, 11) is 0. The van der Waals surface area contributed by atoms with Crippen molar-refractivity contribution in [2.24, 2.45) is 0 Å². The summed E-state index contributed by atoms with van der Waals surface area (Å²) in [6, 6.07) is 19.4. The minimum Gasteiger partial charge on any atom is -0.440 e. The number of ether oxygens (including phenoxy) is 1. The highest BCUT2D eigenvalue weighted by atomic mass is 16.5. The zero-order chi connectivity index (χ0) is 20.2. The van der Waals surface area contributed by atoms with Crippen molar-refractivity contribution < 1.29 is 19.1 Å². The van der Waals surface area contributed by atoms with E-state index < -0.39 is 23.9 Å². The van der Waals surface area contributed by atoms with E-state index in [0.29, 0.717) is 11.3 Å². The van der Waals surface area contributed by atoms with E-state index in [-0.39, 0.29) is 12.3 Å². The number of nitrogens with zero attached hydrogens (tertiary/aromatic N) is 3. The molecule has 1 unspecified atom stereocenters. The normalized spacial score (nSPS) is 16.2. The van der Waals surface area contributed by atoms with Crippen molar-refractivity contribution in [2.45, 2.75) is 6.04 Å². The smallest absolute Gasteiger partial charge is 0.341 e. The van der Waals surface area contributed by atoms with E-state index in [9.17, 15) is 14.4 Å². The minimum absolute atomic E-state index is 0.265. The number of benzene rings is 2. The van der Waals surface area contributed by atoms with Crippen molar-refractivity contribution in [3.63, 3.8) is 0 Å². The molecule has 144 valence electrons. The van der Waals surface area contributed by atoms with Crippen molar-refractivity contribution in [1.29, 1.82) is 0 Å². The Bertz CT molecular complexity index is 1030. The molecule has 0 aliphatic carbocycles. The summed E-state index contributed by atoms with van der Waals surface area (Å²) in [6.45, 7) is -0.360. The molecule has 3 aromatic rings. The van der Waals surface area contributed by atoms with Crippen LogP contribution in [0.2, 0.25) is 0 Å². The van der Waals surface area contributed by atoms with Gasteiger partial charge >= 0.3 is 12.0 Å². The van der Waals surface area contributed by atoms with Gasteiger partial charge in [-0.2, -0.15) is 0 Å². The number of hydrogen-bond donors (Lipinski definition) is 0. The van der Waals surface area contributed by atoms with Crippen molar-refractivity contribution in [1.82, 2.24) is 9.88 Å². The predicted molar refractivity (Wildman–Crippen MR) is 105 cm³/mol. The third-order valence-corrected chi connectivity index (χ3v) is 4.56. The highest BCUT2D eigenvalue weighted by Crippen LogP contribution is 2.34. The Hall–Kier alpha value is -4.00. The number of carbonyl (C=O) groups is 3. The van der Waals surface area contributed by atoms with Gasteiger partial charge in [-0.25, -0.2) is 14.5 Å². The molecule has 7 heteroatoms. The number of aromatic nitrogens is 1. The van der Waals surface area contributed by atoms with Gasteiger partial charge in [0.15, 0.2) is 6.73 Å². The van der Waals surface area contributed by atoms with E-state index in [2.05, 4.69) is 4.98 Å². The molecule has 29 heavy (non-hydrogen) atoms. The number of amides is 3. The van der Waals surface area contributed by atoms with Gasteiger partial charge in [-0.05, 0) is 29.8 Å². The van der Waals surface area contributed by atoms with Gasteiger partial charge < -0.3 is 4.74 Å². The van der Waals surface area contributed by atoms with Crippen LogP contribution in [0.1, 0.15) is 22.0 Å². The summed E-state index contributed by atoms with van der Waals surface area (Å²) in [5.41, 5.74) is 1.37. The first-order valence-electron chi connectivity index (χ1n) is 8.98. The third kappa shape index (κ3) is 3.58. The summed E-state index contributed by atoms with van der Waals surface area (Å²) >= 11 is 0. The van der Waals surface area contributed by atoms with Crippen molar-refractivity contribution in [3.8, 4) is 0 Å². The molecule has 7 nitrogen and oxygen atoms in total. The van der Waals surface area contributed by atoms with Gasteiger partial charge in [0.25, 0.3) is 5.91 Å². The Kier molecular flexibility index (Phi) is 5.03. The maximum atomic E-state index is 13.2. The fraction of sp³-hybridized carbons (Fsp3) is 0.0909. The maximum Gasteiger partial charge on any atom is 0.341 e. The summed E-state index contributed by atoms with van der Waals surface area (Å²) < 4.78 is 5.31. The number of hydrogen-bond acceptors (Lipinski definition) is 5. The van der Waals surface area contributed by atoms with Gasteiger partial charge in [-0.1, -0.05) is 48.5 Å². The van der Waals surface area contributed by atoms with E-state index >= 15 is 0 Å². The number of urea groups is 1. The second-order valence-electron chi connectivity index (χ2n) is 6.38. The fourth-order valence-corrected chi connectivity index (χ4v) is 3.19. The van der Waals surface area contributed by atoms with Gasteiger partial charge in [0, 0.05) is 12.4 Å². The van der Waals surface area contributed by atoms with E-state index in [1.807, 2.05) is 6.07 Å². The summed E-state index contributed by atoms with van der Waals surface area (Å²) in [4.78, 5) is 44.8. The van der Waals surface area contributed by atoms with Crippen molar-refractivity contribution in [3.05, 3.63) is 96.3 Å². The Balaban J connectivity index is 1.63. The summed E-state index contributed by atoms with van der Waals surface area (Å²) in [5, 5.41) is 0. The molecule has 4 rings (SSSR count). The Morgan fingerprint density at radius 3 is 2.28 bits per heavy atom. The molecule has 1 atom stereocenters. The molecule has 1 aliphatic rings. The zero-order valence-corrected chi connectivity index (χ0v) is 15.3. The number of pyridine rings is 1. The molecule has 2 aromatic carbocycles. The highest BCUT2D eigenvalue weighted by Gasteiger charge is 2.47. The van der Waals surface area contributed by atoms with Crippen LogP contribution >= 0.6 is 0 Å². The minimum atomic E-state index is -0.884. The van der Waals surface area contributed by atoms with Crippen LogP contribution in [0.4, 0.5) is 10.5 Å². The average molecular weight is 387 g/mol. The lowest BCUT2D eigenvalue weighted by Gasteiger charge is -2.21. The van der Waals surface area contributed by atoms with Gasteiger partial charge in [0.05, 0.1) is 11.3 Å². The highest BCUT2D eigenvalue weighted by molar-refractivity contribution is 6.21. The Morgan fingerprint density at radius 2 is 1.62 bits per heavy atom. The number of esters is 1. The van der Waals surface area contributed by atoms with Crippen molar-refractivity contribution >= 4 is 23.6 Å². The van der Waals surface area contributed by atoms with E-state index in [0.717, 1.165) is 4.90 Å². The summed E-state index contributed by atoms with van der Waals surface area (Å²) in [6.07, 6.45) is 2.92. The molecular formula is C22H17N3O4.